The van der Waals surface area contributed by atoms with Gasteiger partial charge in [0.15, 0.2) is 0 Å². The standard InChI is InChI=1S/C15H21FN2O3/c1-10-8-13(4-5-14(10)16)9-18(11(2)15(20)21)7-6-17-12(3)19/h4-5,8,11H,6-7,9H2,1-3H3,(H,17,19)(H,20,21). The van der Waals surface area contributed by atoms with E-state index in [1.54, 1.807) is 30.9 Å². The molecule has 1 atom stereocenters. The van der Waals surface area contributed by atoms with Crippen LogP contribution in [0.4, 0.5) is 4.39 Å². The summed E-state index contributed by atoms with van der Waals surface area (Å²) in [5.41, 5.74) is 1.36. The number of carbonyl (C=O) groups is 2. The number of nitrogens with zero attached hydrogens (tertiary/aromatic N) is 1. The van der Waals surface area contributed by atoms with Crippen LogP contribution >= 0.6 is 0 Å². The van der Waals surface area contributed by atoms with Crippen LogP contribution in [0.1, 0.15) is 25.0 Å². The van der Waals surface area contributed by atoms with Crippen molar-refractivity contribution in [3.05, 3.63) is 35.1 Å². The summed E-state index contributed by atoms with van der Waals surface area (Å²) in [6.45, 7) is 5.83. The third-order valence-electron chi connectivity index (χ3n) is 3.29. The highest BCUT2D eigenvalue weighted by atomic mass is 19.1. The molecule has 0 fully saturated rings. The lowest BCUT2D eigenvalue weighted by atomic mass is 10.1. The highest BCUT2D eigenvalue weighted by Gasteiger charge is 2.20. The Balaban J connectivity index is 2.77. The largest absolute Gasteiger partial charge is 0.480 e. The van der Waals surface area contributed by atoms with Crippen LogP contribution in [-0.4, -0.2) is 41.0 Å². The zero-order chi connectivity index (χ0) is 16.0. The molecule has 21 heavy (non-hydrogen) atoms. The number of benzene rings is 1. The maximum absolute atomic E-state index is 13.3. The zero-order valence-corrected chi connectivity index (χ0v) is 12.5. The minimum Gasteiger partial charge on any atom is -0.480 e. The molecule has 5 nitrogen and oxygen atoms in total. The molecule has 1 rings (SSSR count). The molecule has 1 amide bonds. The van der Waals surface area contributed by atoms with E-state index in [0.29, 0.717) is 25.2 Å². The lowest BCUT2D eigenvalue weighted by molar-refractivity contribution is -0.142. The van der Waals surface area contributed by atoms with Crippen LogP contribution in [0.5, 0.6) is 0 Å². The summed E-state index contributed by atoms with van der Waals surface area (Å²) in [7, 11) is 0. The van der Waals surface area contributed by atoms with Crippen molar-refractivity contribution in [2.75, 3.05) is 13.1 Å². The molecule has 0 bridgehead atoms. The molecule has 0 radical (unpaired) electrons. The summed E-state index contributed by atoms with van der Waals surface area (Å²) in [6.07, 6.45) is 0. The van der Waals surface area contributed by atoms with E-state index in [1.807, 2.05) is 0 Å². The topological polar surface area (TPSA) is 69.6 Å². The van der Waals surface area contributed by atoms with Crippen molar-refractivity contribution in [1.29, 1.82) is 0 Å². The van der Waals surface area contributed by atoms with Crippen LogP contribution in [0.25, 0.3) is 0 Å². The molecule has 0 heterocycles. The maximum atomic E-state index is 13.3. The molecule has 1 aromatic carbocycles. The molecular formula is C15H21FN2O3. The van der Waals surface area contributed by atoms with Gasteiger partial charge in [0.05, 0.1) is 0 Å². The fraction of sp³-hybridized carbons (Fsp3) is 0.467. The molecule has 0 aliphatic rings. The predicted molar refractivity (Wildman–Crippen MR) is 77.3 cm³/mol. The number of amides is 1. The van der Waals surface area contributed by atoms with E-state index in [1.165, 1.54) is 13.0 Å². The SMILES string of the molecule is CC(=O)NCCN(Cc1ccc(F)c(C)c1)C(C)C(=O)O. The minimum atomic E-state index is -0.934. The quantitative estimate of drug-likeness (QED) is 0.801. The number of aryl methyl sites for hydroxylation is 1. The first-order valence-electron chi connectivity index (χ1n) is 6.77. The van der Waals surface area contributed by atoms with Crippen molar-refractivity contribution in [1.82, 2.24) is 10.2 Å². The zero-order valence-electron chi connectivity index (χ0n) is 12.5. The van der Waals surface area contributed by atoms with E-state index >= 15 is 0 Å². The Bertz CT molecular complexity index is 520. The minimum absolute atomic E-state index is 0.157. The molecular weight excluding hydrogens is 275 g/mol. The molecule has 0 aliphatic heterocycles. The number of hydrogen-bond acceptors (Lipinski definition) is 3. The van der Waals surface area contributed by atoms with Gasteiger partial charge < -0.3 is 10.4 Å². The maximum Gasteiger partial charge on any atom is 0.320 e. The number of carbonyl (C=O) groups excluding carboxylic acids is 1. The van der Waals surface area contributed by atoms with Gasteiger partial charge in [-0.05, 0) is 31.0 Å². The number of halogens is 1. The van der Waals surface area contributed by atoms with E-state index in [0.717, 1.165) is 5.56 Å². The first kappa shape index (κ1) is 17.1. The Morgan fingerprint density at radius 2 is 2.10 bits per heavy atom. The van der Waals surface area contributed by atoms with Gasteiger partial charge in [-0.25, -0.2) is 4.39 Å². The number of aliphatic carboxylic acids is 1. The molecule has 1 aromatic rings. The molecule has 0 aliphatic carbocycles. The Kier molecular flexibility index (Phi) is 6.30. The molecule has 116 valence electrons. The second-order valence-corrected chi connectivity index (χ2v) is 5.05. The number of hydrogen-bond donors (Lipinski definition) is 2. The van der Waals surface area contributed by atoms with E-state index in [-0.39, 0.29) is 11.7 Å². The number of rotatable bonds is 7. The molecule has 1 unspecified atom stereocenters. The number of carboxylic acid groups (broad SMARTS) is 1. The predicted octanol–water partition coefficient (Wildman–Crippen LogP) is 1.55. The van der Waals surface area contributed by atoms with Crippen LogP contribution in [0.2, 0.25) is 0 Å². The Labute approximate surface area is 123 Å². The summed E-state index contributed by atoms with van der Waals surface area (Å²) in [5, 5.41) is 11.8. The summed E-state index contributed by atoms with van der Waals surface area (Å²) in [4.78, 5) is 23.8. The van der Waals surface area contributed by atoms with Crippen LogP contribution in [0.3, 0.4) is 0 Å². The Hall–Kier alpha value is -1.95. The van der Waals surface area contributed by atoms with Crippen molar-refractivity contribution in [2.45, 2.75) is 33.4 Å². The van der Waals surface area contributed by atoms with Gasteiger partial charge in [0.2, 0.25) is 5.91 Å². The summed E-state index contributed by atoms with van der Waals surface area (Å²) < 4.78 is 13.3. The van der Waals surface area contributed by atoms with Crippen LogP contribution in [0, 0.1) is 12.7 Å². The second kappa shape index (κ2) is 7.73. The summed E-state index contributed by atoms with van der Waals surface area (Å²) in [6, 6.07) is 4.03. The molecule has 0 aromatic heterocycles. The average Bonchev–Trinajstić information content (AvgIpc) is 2.40. The molecule has 0 saturated carbocycles. The lowest BCUT2D eigenvalue weighted by Gasteiger charge is -2.26. The van der Waals surface area contributed by atoms with Gasteiger partial charge in [-0.2, -0.15) is 0 Å². The first-order valence-corrected chi connectivity index (χ1v) is 6.77. The molecule has 0 spiro atoms. The summed E-state index contributed by atoms with van der Waals surface area (Å²) in [5.74, 6) is -1.37. The van der Waals surface area contributed by atoms with Crippen LogP contribution < -0.4 is 5.32 Å². The van der Waals surface area contributed by atoms with E-state index < -0.39 is 12.0 Å². The third-order valence-corrected chi connectivity index (χ3v) is 3.29. The van der Waals surface area contributed by atoms with Crippen LogP contribution in [-0.2, 0) is 16.1 Å². The highest BCUT2D eigenvalue weighted by Crippen LogP contribution is 2.13. The molecule has 6 heteroatoms. The Morgan fingerprint density at radius 3 is 2.62 bits per heavy atom. The van der Waals surface area contributed by atoms with Crippen molar-refractivity contribution in [2.24, 2.45) is 0 Å². The van der Waals surface area contributed by atoms with Gasteiger partial charge in [-0.15, -0.1) is 0 Å². The van der Waals surface area contributed by atoms with Gasteiger partial charge >= 0.3 is 5.97 Å². The molecule has 2 N–H and O–H groups in total. The first-order chi connectivity index (χ1) is 9.81. The second-order valence-electron chi connectivity index (χ2n) is 5.05. The van der Waals surface area contributed by atoms with Crippen molar-refractivity contribution in [3.8, 4) is 0 Å². The average molecular weight is 296 g/mol. The third kappa shape index (κ3) is 5.51. The van der Waals surface area contributed by atoms with E-state index in [9.17, 15) is 14.0 Å². The highest BCUT2D eigenvalue weighted by molar-refractivity contribution is 5.73. The van der Waals surface area contributed by atoms with Crippen molar-refractivity contribution >= 4 is 11.9 Å². The fourth-order valence-corrected chi connectivity index (χ4v) is 1.98. The smallest absolute Gasteiger partial charge is 0.320 e. The monoisotopic (exact) mass is 296 g/mol. The van der Waals surface area contributed by atoms with Crippen LogP contribution in [0.15, 0.2) is 18.2 Å². The lowest BCUT2D eigenvalue weighted by Crippen LogP contribution is -2.42. The van der Waals surface area contributed by atoms with Gasteiger partial charge in [0.1, 0.15) is 11.9 Å². The number of carboxylic acids is 1. The van der Waals surface area contributed by atoms with Gasteiger partial charge in [-0.3, -0.25) is 14.5 Å². The van der Waals surface area contributed by atoms with Gasteiger partial charge in [0.25, 0.3) is 0 Å². The van der Waals surface area contributed by atoms with E-state index in [2.05, 4.69) is 5.32 Å². The Morgan fingerprint density at radius 1 is 1.43 bits per heavy atom. The summed E-state index contributed by atoms with van der Waals surface area (Å²) >= 11 is 0. The van der Waals surface area contributed by atoms with Gasteiger partial charge in [0, 0.05) is 26.6 Å². The molecule has 0 saturated heterocycles. The fourth-order valence-electron chi connectivity index (χ4n) is 1.98. The normalized spacial score (nSPS) is 12.2. The van der Waals surface area contributed by atoms with E-state index in [4.69, 9.17) is 5.11 Å². The van der Waals surface area contributed by atoms with Crippen molar-refractivity contribution < 1.29 is 19.1 Å². The van der Waals surface area contributed by atoms with Crippen molar-refractivity contribution in [3.63, 3.8) is 0 Å². The van der Waals surface area contributed by atoms with Gasteiger partial charge in [-0.1, -0.05) is 12.1 Å². The number of nitrogens with one attached hydrogen (secondary N) is 1.